The van der Waals surface area contributed by atoms with Crippen molar-refractivity contribution in [3.63, 3.8) is 0 Å². The average molecular weight is 203 g/mol. The molecule has 2 aliphatic heterocycles. The second-order valence-electron chi connectivity index (χ2n) is 3.82. The summed E-state index contributed by atoms with van der Waals surface area (Å²) in [4.78, 5) is 2.44. The van der Waals surface area contributed by atoms with Gasteiger partial charge in [-0.05, 0) is 18.1 Å². The molecule has 0 saturated heterocycles. The highest BCUT2D eigenvalue weighted by molar-refractivity contribution is 7.99. The highest BCUT2D eigenvalue weighted by Crippen LogP contribution is 2.34. The Morgan fingerprint density at radius 2 is 2.21 bits per heavy atom. The first-order chi connectivity index (χ1) is 6.95. The van der Waals surface area contributed by atoms with Crippen LogP contribution in [0.25, 0.3) is 0 Å². The van der Waals surface area contributed by atoms with Gasteiger partial charge < -0.3 is 4.90 Å². The molecule has 1 unspecified atom stereocenters. The fraction of sp³-hybridized carbons (Fsp3) is 0.333. The summed E-state index contributed by atoms with van der Waals surface area (Å²) in [6.45, 7) is 0. The van der Waals surface area contributed by atoms with Gasteiger partial charge in [-0.3, -0.25) is 0 Å². The molecule has 0 spiro atoms. The molecule has 14 heavy (non-hydrogen) atoms. The first-order valence-electron chi connectivity index (χ1n) is 5.06. The first-order valence-corrected chi connectivity index (χ1v) is 6.21. The van der Waals surface area contributed by atoms with Crippen molar-refractivity contribution >= 4 is 17.4 Å². The molecule has 0 aliphatic carbocycles. The van der Waals surface area contributed by atoms with Crippen molar-refractivity contribution in [3.05, 3.63) is 42.1 Å². The second kappa shape index (κ2) is 3.35. The highest BCUT2D eigenvalue weighted by Gasteiger charge is 2.27. The fourth-order valence-corrected chi connectivity index (χ4v) is 3.16. The SMILES string of the molecule is C1=CN2c3ccccc3CC2CSC1. The van der Waals surface area contributed by atoms with Gasteiger partial charge in [0, 0.05) is 29.4 Å². The van der Waals surface area contributed by atoms with Gasteiger partial charge in [0.05, 0.1) is 0 Å². The Bertz CT molecular complexity index is 372. The third-order valence-corrected chi connectivity index (χ3v) is 3.96. The highest BCUT2D eigenvalue weighted by atomic mass is 32.2. The van der Waals surface area contributed by atoms with E-state index in [0.29, 0.717) is 6.04 Å². The Kier molecular flexibility index (Phi) is 2.02. The summed E-state index contributed by atoms with van der Waals surface area (Å²) in [7, 11) is 0. The van der Waals surface area contributed by atoms with Gasteiger partial charge in [0.1, 0.15) is 0 Å². The molecule has 1 aromatic carbocycles. The monoisotopic (exact) mass is 203 g/mol. The van der Waals surface area contributed by atoms with Crippen LogP contribution in [-0.2, 0) is 6.42 Å². The van der Waals surface area contributed by atoms with Crippen LogP contribution in [0.15, 0.2) is 36.5 Å². The van der Waals surface area contributed by atoms with Crippen molar-refractivity contribution in [2.75, 3.05) is 16.4 Å². The van der Waals surface area contributed by atoms with Gasteiger partial charge in [-0.2, -0.15) is 11.8 Å². The van der Waals surface area contributed by atoms with Crippen LogP contribution in [-0.4, -0.2) is 17.5 Å². The van der Waals surface area contributed by atoms with Crippen molar-refractivity contribution in [1.29, 1.82) is 0 Å². The number of rotatable bonds is 0. The lowest BCUT2D eigenvalue weighted by Gasteiger charge is -2.21. The van der Waals surface area contributed by atoms with E-state index in [2.05, 4.69) is 41.4 Å². The Labute approximate surface area is 88.8 Å². The van der Waals surface area contributed by atoms with Crippen LogP contribution in [0.2, 0.25) is 0 Å². The molecule has 0 saturated carbocycles. The third kappa shape index (κ3) is 1.25. The van der Waals surface area contributed by atoms with Crippen LogP contribution in [0.4, 0.5) is 5.69 Å². The van der Waals surface area contributed by atoms with E-state index < -0.39 is 0 Å². The smallest absolute Gasteiger partial charge is 0.0468 e. The van der Waals surface area contributed by atoms with E-state index in [4.69, 9.17) is 0 Å². The van der Waals surface area contributed by atoms with Crippen molar-refractivity contribution in [2.24, 2.45) is 0 Å². The molecule has 1 aromatic rings. The van der Waals surface area contributed by atoms with Gasteiger partial charge in [0.15, 0.2) is 0 Å². The Balaban J connectivity index is 2.03. The summed E-state index contributed by atoms with van der Waals surface area (Å²) >= 11 is 2.03. The molecule has 2 heterocycles. The van der Waals surface area contributed by atoms with Crippen LogP contribution in [0, 0.1) is 0 Å². The average Bonchev–Trinajstić information content (AvgIpc) is 2.42. The van der Waals surface area contributed by atoms with E-state index in [-0.39, 0.29) is 0 Å². The number of fused-ring (bicyclic) bond motifs is 3. The molecule has 2 aliphatic rings. The third-order valence-electron chi connectivity index (χ3n) is 2.91. The molecular formula is C12H13NS. The van der Waals surface area contributed by atoms with E-state index in [1.54, 1.807) is 0 Å². The van der Waals surface area contributed by atoms with Crippen molar-refractivity contribution in [3.8, 4) is 0 Å². The maximum absolute atomic E-state index is 2.44. The predicted molar refractivity (Wildman–Crippen MR) is 62.9 cm³/mol. The van der Waals surface area contributed by atoms with Crippen molar-refractivity contribution in [1.82, 2.24) is 0 Å². The number of anilines is 1. The normalized spacial score (nSPS) is 24.3. The summed E-state index contributed by atoms with van der Waals surface area (Å²) in [5.41, 5.74) is 2.92. The summed E-state index contributed by atoms with van der Waals surface area (Å²) < 4.78 is 0. The van der Waals surface area contributed by atoms with Gasteiger partial charge in [0.25, 0.3) is 0 Å². The van der Waals surface area contributed by atoms with E-state index in [1.807, 2.05) is 11.8 Å². The standard InChI is InChI=1S/C12H13NS/c1-2-5-12-10(4-1)8-11-9-14-7-3-6-13(11)12/h1-6,11H,7-9H2. The summed E-state index contributed by atoms with van der Waals surface area (Å²) in [6, 6.07) is 9.45. The maximum atomic E-state index is 2.44. The van der Waals surface area contributed by atoms with Gasteiger partial charge in [-0.1, -0.05) is 24.3 Å². The fourth-order valence-electron chi connectivity index (χ4n) is 2.25. The molecule has 0 aromatic heterocycles. The van der Waals surface area contributed by atoms with Crippen LogP contribution >= 0.6 is 11.8 Å². The zero-order valence-electron chi connectivity index (χ0n) is 8.02. The Morgan fingerprint density at radius 1 is 1.29 bits per heavy atom. The molecule has 0 radical (unpaired) electrons. The molecule has 1 atom stereocenters. The molecule has 0 fully saturated rings. The molecule has 0 N–H and O–H groups in total. The Morgan fingerprint density at radius 3 is 3.21 bits per heavy atom. The lowest BCUT2D eigenvalue weighted by Crippen LogP contribution is -2.27. The maximum Gasteiger partial charge on any atom is 0.0468 e. The minimum absolute atomic E-state index is 0.691. The molecule has 1 nitrogen and oxygen atoms in total. The summed E-state index contributed by atoms with van der Waals surface area (Å²) in [5, 5.41) is 0. The molecule has 2 heteroatoms. The molecular weight excluding hydrogens is 190 g/mol. The minimum Gasteiger partial charge on any atom is -0.344 e. The van der Waals surface area contributed by atoms with Crippen LogP contribution < -0.4 is 4.90 Å². The summed E-state index contributed by atoms with van der Waals surface area (Å²) in [5.74, 6) is 2.41. The number of benzene rings is 1. The summed E-state index contributed by atoms with van der Waals surface area (Å²) in [6.07, 6.45) is 5.75. The van der Waals surface area contributed by atoms with Crippen molar-refractivity contribution in [2.45, 2.75) is 12.5 Å². The zero-order valence-corrected chi connectivity index (χ0v) is 8.83. The van der Waals surface area contributed by atoms with Crippen LogP contribution in [0.3, 0.4) is 0 Å². The van der Waals surface area contributed by atoms with Crippen LogP contribution in [0.1, 0.15) is 5.56 Å². The zero-order chi connectivity index (χ0) is 9.38. The van der Waals surface area contributed by atoms with Gasteiger partial charge in [-0.15, -0.1) is 0 Å². The molecule has 72 valence electrons. The second-order valence-corrected chi connectivity index (χ2v) is 4.89. The van der Waals surface area contributed by atoms with Gasteiger partial charge in [-0.25, -0.2) is 0 Å². The topological polar surface area (TPSA) is 3.24 Å². The molecule has 3 rings (SSSR count). The number of thioether (sulfide) groups is 1. The first kappa shape index (κ1) is 8.42. The number of hydrogen-bond donors (Lipinski definition) is 0. The quantitative estimate of drug-likeness (QED) is 0.638. The van der Waals surface area contributed by atoms with E-state index in [1.165, 1.54) is 23.4 Å². The largest absolute Gasteiger partial charge is 0.344 e. The van der Waals surface area contributed by atoms with Gasteiger partial charge in [0.2, 0.25) is 0 Å². The predicted octanol–water partition coefficient (Wildman–Crippen LogP) is 2.68. The van der Waals surface area contributed by atoms with E-state index >= 15 is 0 Å². The van der Waals surface area contributed by atoms with Gasteiger partial charge >= 0.3 is 0 Å². The van der Waals surface area contributed by atoms with Crippen LogP contribution in [0.5, 0.6) is 0 Å². The lowest BCUT2D eigenvalue weighted by atomic mass is 10.1. The van der Waals surface area contributed by atoms with Crippen molar-refractivity contribution < 1.29 is 0 Å². The van der Waals surface area contributed by atoms with E-state index in [9.17, 15) is 0 Å². The molecule has 0 bridgehead atoms. The molecule has 0 amide bonds. The lowest BCUT2D eigenvalue weighted by molar-refractivity contribution is 0.768. The minimum atomic E-state index is 0.691. The number of hydrogen-bond acceptors (Lipinski definition) is 2. The Hall–Kier alpha value is -0.890. The van der Waals surface area contributed by atoms with E-state index in [0.717, 1.165) is 5.75 Å². The number of nitrogens with zero attached hydrogens (tertiary/aromatic N) is 1. The number of para-hydroxylation sites is 1.